The normalized spacial score (nSPS) is 10.1. The fourth-order valence-corrected chi connectivity index (χ4v) is 1.53. The van der Waals surface area contributed by atoms with Crippen LogP contribution in [-0.2, 0) is 0 Å². The molecule has 0 radical (unpaired) electrons. The molecule has 0 bridgehead atoms. The van der Waals surface area contributed by atoms with Crippen molar-refractivity contribution in [2.75, 3.05) is 17.2 Å². The zero-order valence-corrected chi connectivity index (χ0v) is 8.27. The Hall–Kier alpha value is -2.16. The third-order valence-corrected chi connectivity index (χ3v) is 2.27. The van der Waals surface area contributed by atoms with Crippen LogP contribution in [0.15, 0.2) is 42.5 Å². The average molecular weight is 199 g/mol. The van der Waals surface area contributed by atoms with Crippen LogP contribution in [0.25, 0.3) is 11.1 Å². The quantitative estimate of drug-likeness (QED) is 0.615. The summed E-state index contributed by atoms with van der Waals surface area (Å²) in [5.74, 6) is 0. The van der Waals surface area contributed by atoms with Gasteiger partial charge in [-0.25, -0.2) is 0 Å². The summed E-state index contributed by atoms with van der Waals surface area (Å²) in [7, 11) is 0. The Morgan fingerprint density at radius 3 is 2.20 bits per heavy atom. The van der Waals surface area contributed by atoms with Crippen molar-refractivity contribution in [1.82, 2.24) is 0 Å². The molecule has 3 heteroatoms. The molecule has 15 heavy (non-hydrogen) atoms. The minimum atomic E-state index is 0.696. The molecular weight excluding hydrogens is 186 g/mol. The molecule has 0 fully saturated rings. The van der Waals surface area contributed by atoms with Gasteiger partial charge < -0.3 is 17.2 Å². The summed E-state index contributed by atoms with van der Waals surface area (Å²) in [5.41, 5.74) is 21.3. The zero-order chi connectivity index (χ0) is 10.8. The van der Waals surface area contributed by atoms with Crippen LogP contribution in [0, 0.1) is 0 Å². The lowest BCUT2D eigenvalue weighted by molar-refractivity contribution is 1.60. The van der Waals surface area contributed by atoms with E-state index < -0.39 is 0 Å². The molecule has 2 rings (SSSR count). The molecule has 0 aliphatic carbocycles. The van der Waals surface area contributed by atoms with E-state index >= 15 is 0 Å². The van der Waals surface area contributed by atoms with Crippen molar-refractivity contribution in [2.45, 2.75) is 0 Å². The van der Waals surface area contributed by atoms with Crippen LogP contribution in [0.5, 0.6) is 0 Å². The Balaban J connectivity index is 2.58. The van der Waals surface area contributed by atoms with Gasteiger partial charge in [0.05, 0.1) is 0 Å². The maximum absolute atomic E-state index is 5.88. The molecule has 0 atom stereocenters. The van der Waals surface area contributed by atoms with Crippen LogP contribution in [0.2, 0.25) is 0 Å². The minimum Gasteiger partial charge on any atom is -0.399 e. The van der Waals surface area contributed by atoms with Gasteiger partial charge in [0.15, 0.2) is 0 Å². The number of anilines is 3. The highest BCUT2D eigenvalue weighted by atomic mass is 14.6. The van der Waals surface area contributed by atoms with Gasteiger partial charge in [-0.2, -0.15) is 0 Å². The molecular formula is C12H13N3. The molecule has 0 aromatic heterocycles. The van der Waals surface area contributed by atoms with E-state index in [4.69, 9.17) is 17.2 Å². The third kappa shape index (κ3) is 1.86. The SMILES string of the molecule is Nc1cccc(-c2cc(N)ccc2N)c1. The first-order chi connectivity index (χ1) is 7.16. The summed E-state index contributed by atoms with van der Waals surface area (Å²) in [6.07, 6.45) is 0. The fourth-order valence-electron chi connectivity index (χ4n) is 1.53. The van der Waals surface area contributed by atoms with Gasteiger partial charge in [0.2, 0.25) is 0 Å². The number of hydrogen-bond donors (Lipinski definition) is 3. The van der Waals surface area contributed by atoms with Crippen molar-refractivity contribution < 1.29 is 0 Å². The summed E-state index contributed by atoms with van der Waals surface area (Å²) in [6.45, 7) is 0. The van der Waals surface area contributed by atoms with Crippen molar-refractivity contribution in [3.63, 3.8) is 0 Å². The van der Waals surface area contributed by atoms with E-state index in [2.05, 4.69) is 0 Å². The number of nitrogen functional groups attached to an aromatic ring is 3. The standard InChI is InChI=1S/C12H13N3/c13-9-3-1-2-8(6-9)11-7-10(14)4-5-12(11)15/h1-7H,13-15H2. The highest BCUT2D eigenvalue weighted by Crippen LogP contribution is 2.28. The maximum atomic E-state index is 5.88. The predicted molar refractivity (Wildman–Crippen MR) is 65.1 cm³/mol. The summed E-state index contributed by atoms with van der Waals surface area (Å²) in [4.78, 5) is 0. The van der Waals surface area contributed by atoms with E-state index in [0.29, 0.717) is 17.1 Å². The average Bonchev–Trinajstić information content (AvgIpc) is 2.22. The smallest absolute Gasteiger partial charge is 0.0395 e. The second-order valence-corrected chi connectivity index (χ2v) is 3.47. The number of rotatable bonds is 1. The Morgan fingerprint density at radius 2 is 1.47 bits per heavy atom. The van der Waals surface area contributed by atoms with Crippen molar-refractivity contribution in [3.05, 3.63) is 42.5 Å². The Labute approximate surface area is 88.5 Å². The maximum Gasteiger partial charge on any atom is 0.0395 e. The molecule has 0 saturated carbocycles. The predicted octanol–water partition coefficient (Wildman–Crippen LogP) is 2.10. The van der Waals surface area contributed by atoms with E-state index in [0.717, 1.165) is 11.1 Å². The van der Waals surface area contributed by atoms with Crippen molar-refractivity contribution >= 4 is 17.1 Å². The molecule has 0 aliphatic heterocycles. The zero-order valence-electron chi connectivity index (χ0n) is 8.27. The minimum absolute atomic E-state index is 0.696. The van der Waals surface area contributed by atoms with Gasteiger partial charge >= 0.3 is 0 Å². The van der Waals surface area contributed by atoms with Gasteiger partial charge in [-0.3, -0.25) is 0 Å². The van der Waals surface area contributed by atoms with Crippen LogP contribution in [0.1, 0.15) is 0 Å². The lowest BCUT2D eigenvalue weighted by Crippen LogP contribution is -1.93. The van der Waals surface area contributed by atoms with Gasteiger partial charge in [0.1, 0.15) is 0 Å². The van der Waals surface area contributed by atoms with E-state index in [-0.39, 0.29) is 0 Å². The van der Waals surface area contributed by atoms with Crippen molar-refractivity contribution in [3.8, 4) is 11.1 Å². The van der Waals surface area contributed by atoms with Gasteiger partial charge in [0.25, 0.3) is 0 Å². The van der Waals surface area contributed by atoms with Crippen LogP contribution >= 0.6 is 0 Å². The molecule has 0 saturated heterocycles. The highest BCUT2D eigenvalue weighted by molar-refractivity contribution is 5.80. The number of hydrogen-bond acceptors (Lipinski definition) is 3. The largest absolute Gasteiger partial charge is 0.399 e. The molecule has 3 nitrogen and oxygen atoms in total. The summed E-state index contributed by atoms with van der Waals surface area (Å²) >= 11 is 0. The topological polar surface area (TPSA) is 78.1 Å². The molecule has 0 aliphatic rings. The highest BCUT2D eigenvalue weighted by Gasteiger charge is 2.02. The van der Waals surface area contributed by atoms with E-state index in [9.17, 15) is 0 Å². The Kier molecular flexibility index (Phi) is 2.21. The summed E-state index contributed by atoms with van der Waals surface area (Å²) in [5, 5.41) is 0. The third-order valence-electron chi connectivity index (χ3n) is 2.27. The first-order valence-corrected chi connectivity index (χ1v) is 4.68. The molecule has 2 aromatic rings. The second-order valence-electron chi connectivity index (χ2n) is 3.47. The lowest BCUT2D eigenvalue weighted by Gasteiger charge is -2.07. The lowest BCUT2D eigenvalue weighted by atomic mass is 10.0. The Morgan fingerprint density at radius 1 is 0.733 bits per heavy atom. The van der Waals surface area contributed by atoms with Gasteiger partial charge in [-0.05, 0) is 35.9 Å². The number of nitrogens with two attached hydrogens (primary N) is 3. The van der Waals surface area contributed by atoms with Gasteiger partial charge in [-0.15, -0.1) is 0 Å². The summed E-state index contributed by atoms with van der Waals surface area (Å²) in [6, 6.07) is 13.0. The molecule has 0 heterocycles. The van der Waals surface area contributed by atoms with Crippen molar-refractivity contribution in [1.29, 1.82) is 0 Å². The van der Waals surface area contributed by atoms with Gasteiger partial charge in [-0.1, -0.05) is 12.1 Å². The van der Waals surface area contributed by atoms with Crippen LogP contribution in [-0.4, -0.2) is 0 Å². The van der Waals surface area contributed by atoms with E-state index in [1.54, 1.807) is 12.1 Å². The second kappa shape index (κ2) is 3.53. The van der Waals surface area contributed by atoms with Crippen LogP contribution < -0.4 is 17.2 Å². The van der Waals surface area contributed by atoms with Crippen LogP contribution in [0.4, 0.5) is 17.1 Å². The van der Waals surface area contributed by atoms with E-state index in [1.165, 1.54) is 0 Å². The molecule has 76 valence electrons. The summed E-state index contributed by atoms with van der Waals surface area (Å²) < 4.78 is 0. The number of benzene rings is 2. The Bertz CT molecular complexity index is 492. The first-order valence-electron chi connectivity index (χ1n) is 4.68. The molecule has 0 amide bonds. The van der Waals surface area contributed by atoms with Crippen LogP contribution in [0.3, 0.4) is 0 Å². The van der Waals surface area contributed by atoms with Gasteiger partial charge in [0, 0.05) is 22.6 Å². The molecule has 0 spiro atoms. The fraction of sp³-hybridized carbons (Fsp3) is 0. The molecule has 2 aromatic carbocycles. The first kappa shape index (κ1) is 9.40. The van der Waals surface area contributed by atoms with E-state index in [1.807, 2.05) is 30.3 Å². The molecule has 6 N–H and O–H groups in total. The molecule has 0 unspecified atom stereocenters. The monoisotopic (exact) mass is 199 g/mol. The van der Waals surface area contributed by atoms with Crippen molar-refractivity contribution in [2.24, 2.45) is 0 Å².